The number of hydrogen-bond donors (Lipinski definition) is 3. The van der Waals surface area contributed by atoms with Gasteiger partial charge in [0, 0.05) is 12.2 Å². The van der Waals surface area contributed by atoms with Gasteiger partial charge in [-0.3, -0.25) is 18.6 Å². The molecule has 2 heterocycles. The number of nitrogens with two attached hydrogens (primary N) is 1. The summed E-state index contributed by atoms with van der Waals surface area (Å²) in [5.41, 5.74) is 5.23. The Hall–Kier alpha value is -3.72. The van der Waals surface area contributed by atoms with Gasteiger partial charge in [-0.1, -0.05) is 0 Å². The van der Waals surface area contributed by atoms with Crippen LogP contribution in [0.1, 0.15) is 54.4 Å². The van der Waals surface area contributed by atoms with Gasteiger partial charge in [0.2, 0.25) is 14.3 Å². The number of carbonyl (C=O) groups is 4. The van der Waals surface area contributed by atoms with Crippen LogP contribution in [0.4, 0.5) is 5.95 Å². The first-order valence-electron chi connectivity index (χ1n) is 13.0. The monoisotopic (exact) mass is 627 g/mol. The number of carbonyl (C=O) groups excluding carboxylic acids is 2. The SMILES string of the molecule is CC(C)(C)C(=O)OCOP(COC1(Cn2cnc3cnc(N)nc32)CC1)OCOC(=O)C(C)(C)C.O=C(O)C=CC(=O)O. The van der Waals surface area contributed by atoms with Crippen LogP contribution in [-0.2, 0) is 49.0 Å². The van der Waals surface area contributed by atoms with Gasteiger partial charge >= 0.3 is 23.9 Å². The van der Waals surface area contributed by atoms with Gasteiger partial charge in [-0.15, -0.1) is 0 Å². The largest absolute Gasteiger partial charge is 0.478 e. The second-order valence-corrected chi connectivity index (χ2v) is 12.9. The van der Waals surface area contributed by atoms with Crippen molar-refractivity contribution in [2.24, 2.45) is 10.8 Å². The van der Waals surface area contributed by atoms with Crippen molar-refractivity contribution in [3.8, 4) is 0 Å². The van der Waals surface area contributed by atoms with Gasteiger partial charge in [-0.2, -0.15) is 4.98 Å². The fourth-order valence-electron chi connectivity index (χ4n) is 2.94. The van der Waals surface area contributed by atoms with E-state index in [0.29, 0.717) is 29.9 Å². The molecule has 0 spiro atoms. The number of rotatable bonds is 13. The summed E-state index contributed by atoms with van der Waals surface area (Å²) in [6.07, 6.45) is 6.12. The van der Waals surface area contributed by atoms with Crippen LogP contribution in [-0.4, -0.2) is 79.1 Å². The predicted octanol–water partition coefficient (Wildman–Crippen LogP) is 3.07. The minimum atomic E-state index is -1.67. The first kappa shape index (κ1) is 35.5. The molecule has 1 fully saturated rings. The summed E-state index contributed by atoms with van der Waals surface area (Å²) in [5, 5.41) is 15.6. The molecule has 238 valence electrons. The molecule has 3 rings (SSSR count). The maximum absolute atomic E-state index is 12.0. The summed E-state index contributed by atoms with van der Waals surface area (Å²) < 4.78 is 29.7. The Kier molecular flexibility index (Phi) is 12.5. The summed E-state index contributed by atoms with van der Waals surface area (Å²) in [4.78, 5) is 55.7. The highest BCUT2D eigenvalue weighted by Crippen LogP contribution is 2.47. The first-order chi connectivity index (χ1) is 19.9. The van der Waals surface area contributed by atoms with Crippen molar-refractivity contribution in [1.82, 2.24) is 19.5 Å². The Morgan fingerprint density at radius 2 is 1.47 bits per heavy atom. The fraction of sp³-hybridized carbons (Fsp3) is 0.577. The number of carboxylic acids is 2. The number of nitrogens with zero attached hydrogens (tertiary/aromatic N) is 4. The smallest absolute Gasteiger partial charge is 0.328 e. The lowest BCUT2D eigenvalue weighted by Gasteiger charge is -2.23. The third-order valence-electron chi connectivity index (χ3n) is 5.49. The van der Waals surface area contributed by atoms with Crippen LogP contribution in [0.25, 0.3) is 11.2 Å². The second kappa shape index (κ2) is 15.1. The van der Waals surface area contributed by atoms with Crippen molar-refractivity contribution in [3.05, 3.63) is 24.7 Å². The molecule has 0 radical (unpaired) electrons. The maximum atomic E-state index is 12.0. The van der Waals surface area contributed by atoms with Crippen molar-refractivity contribution in [2.75, 3.05) is 25.7 Å². The van der Waals surface area contributed by atoms with Crippen LogP contribution in [0.5, 0.6) is 0 Å². The van der Waals surface area contributed by atoms with E-state index in [2.05, 4.69) is 15.0 Å². The van der Waals surface area contributed by atoms with Gasteiger partial charge in [-0.25, -0.2) is 19.6 Å². The molecule has 17 heteroatoms. The molecule has 16 nitrogen and oxygen atoms in total. The number of esters is 2. The highest BCUT2D eigenvalue weighted by molar-refractivity contribution is 7.47. The minimum absolute atomic E-state index is 0.0965. The summed E-state index contributed by atoms with van der Waals surface area (Å²) in [7, 11) is -1.67. The third kappa shape index (κ3) is 12.6. The quantitative estimate of drug-likeness (QED) is 0.126. The maximum Gasteiger partial charge on any atom is 0.328 e. The molecule has 4 N–H and O–H groups in total. The van der Waals surface area contributed by atoms with Crippen LogP contribution in [0, 0.1) is 10.8 Å². The average molecular weight is 628 g/mol. The first-order valence-corrected chi connectivity index (χ1v) is 14.4. The Balaban J connectivity index is 0.000000708. The van der Waals surface area contributed by atoms with E-state index in [4.69, 9.17) is 39.2 Å². The molecule has 43 heavy (non-hydrogen) atoms. The molecule has 0 unspecified atom stereocenters. The van der Waals surface area contributed by atoms with Gasteiger partial charge < -0.3 is 34.7 Å². The number of carboxylic acid groups (broad SMARTS) is 2. The fourth-order valence-corrected chi connectivity index (χ4v) is 3.88. The molecule has 1 saturated carbocycles. The van der Waals surface area contributed by atoms with Crippen molar-refractivity contribution >= 4 is 49.4 Å². The van der Waals surface area contributed by atoms with Crippen molar-refractivity contribution in [3.63, 3.8) is 0 Å². The van der Waals surface area contributed by atoms with E-state index in [-0.39, 0.29) is 25.9 Å². The lowest BCUT2D eigenvalue weighted by molar-refractivity contribution is -0.161. The summed E-state index contributed by atoms with van der Waals surface area (Å²) in [6, 6.07) is 0. The summed E-state index contributed by atoms with van der Waals surface area (Å²) >= 11 is 0. The number of nitrogen functional groups attached to an aromatic ring is 1. The Bertz CT molecular complexity index is 1260. The second-order valence-electron chi connectivity index (χ2n) is 11.5. The van der Waals surface area contributed by atoms with E-state index >= 15 is 0 Å². The summed E-state index contributed by atoms with van der Waals surface area (Å²) in [5.74, 6) is -3.15. The predicted molar refractivity (Wildman–Crippen MR) is 152 cm³/mol. The van der Waals surface area contributed by atoms with Crippen LogP contribution < -0.4 is 5.73 Å². The van der Waals surface area contributed by atoms with E-state index in [1.807, 2.05) is 4.57 Å². The van der Waals surface area contributed by atoms with Gasteiger partial charge in [0.25, 0.3) is 0 Å². The molecule has 0 bridgehead atoms. The van der Waals surface area contributed by atoms with Crippen molar-refractivity contribution < 1.29 is 52.6 Å². The normalized spacial score (nSPS) is 14.3. The molecule has 0 amide bonds. The highest BCUT2D eigenvalue weighted by Gasteiger charge is 2.45. The van der Waals surface area contributed by atoms with E-state index in [1.165, 1.54) is 0 Å². The number of aliphatic carboxylic acids is 2. The summed E-state index contributed by atoms with van der Waals surface area (Å²) in [6.45, 7) is 10.4. The van der Waals surface area contributed by atoms with Crippen molar-refractivity contribution in [2.45, 2.75) is 66.5 Å². The molecule has 0 saturated heterocycles. The van der Waals surface area contributed by atoms with E-state index < -0.39 is 48.7 Å². The lowest BCUT2D eigenvalue weighted by atomic mass is 9.98. The van der Waals surface area contributed by atoms with Crippen molar-refractivity contribution in [1.29, 1.82) is 0 Å². The van der Waals surface area contributed by atoms with Gasteiger partial charge in [0.05, 0.1) is 35.5 Å². The molecular weight excluding hydrogens is 589 g/mol. The lowest BCUT2D eigenvalue weighted by Crippen LogP contribution is -2.25. The van der Waals surface area contributed by atoms with Gasteiger partial charge in [-0.05, 0) is 54.4 Å². The molecule has 0 aliphatic heterocycles. The van der Waals surface area contributed by atoms with Gasteiger partial charge in [0.15, 0.2) is 19.2 Å². The van der Waals surface area contributed by atoms with E-state index in [0.717, 1.165) is 12.8 Å². The van der Waals surface area contributed by atoms with Crippen LogP contribution >= 0.6 is 8.38 Å². The van der Waals surface area contributed by atoms with Crippen LogP contribution in [0.3, 0.4) is 0 Å². The Labute approximate surface area is 249 Å². The number of imidazole rings is 1. The zero-order valence-corrected chi connectivity index (χ0v) is 25.8. The van der Waals surface area contributed by atoms with Crippen LogP contribution in [0.2, 0.25) is 0 Å². The zero-order valence-electron chi connectivity index (χ0n) is 24.9. The molecule has 2 aromatic heterocycles. The van der Waals surface area contributed by atoms with E-state index in [1.54, 1.807) is 54.1 Å². The third-order valence-corrected chi connectivity index (χ3v) is 6.61. The molecule has 1 aliphatic rings. The Morgan fingerprint density at radius 3 is 1.91 bits per heavy atom. The molecular formula is C26H38N5O11P. The molecule has 0 aromatic carbocycles. The van der Waals surface area contributed by atoms with E-state index in [9.17, 15) is 19.2 Å². The zero-order chi connectivity index (χ0) is 32.4. The number of hydrogen-bond acceptors (Lipinski definition) is 13. The number of ether oxygens (including phenoxy) is 3. The number of aromatic nitrogens is 4. The topological polar surface area (TPSA) is 225 Å². The number of fused-ring (bicyclic) bond motifs is 1. The standard InChI is InChI=1S/C22H34N5O7P.C4H4O4/c1-20(2,3)17(28)30-12-33-35(34-13-31-18(29)21(4,5)6)14-32-22(7-8-22)10-27-11-25-15-9-24-19(23)26-16(15)27;5-3(6)1-2-4(7)8/h9,11H,7-8,10,12-14H2,1-6H3,(H2,23,24,26);1-2H,(H,5,6)(H,7,8). The minimum Gasteiger partial charge on any atom is -0.478 e. The number of anilines is 1. The molecule has 1 aliphatic carbocycles. The van der Waals surface area contributed by atoms with Gasteiger partial charge in [0.1, 0.15) is 11.9 Å². The highest BCUT2D eigenvalue weighted by atomic mass is 31.2. The molecule has 0 atom stereocenters. The van der Waals surface area contributed by atoms with Crippen LogP contribution in [0.15, 0.2) is 24.7 Å². The average Bonchev–Trinajstić information content (AvgIpc) is 3.56. The Morgan fingerprint density at radius 1 is 0.953 bits per heavy atom. The molecule has 2 aromatic rings.